The fourth-order valence-electron chi connectivity index (χ4n) is 4.22. The maximum Gasteiger partial charge on any atom is 0.167 e. The van der Waals surface area contributed by atoms with Gasteiger partial charge in [0.15, 0.2) is 5.82 Å². The van der Waals surface area contributed by atoms with Crippen LogP contribution in [0.5, 0.6) is 0 Å². The van der Waals surface area contributed by atoms with Crippen LogP contribution in [0.2, 0.25) is 0 Å². The molecule has 0 saturated heterocycles. The second kappa shape index (κ2) is 8.03. The summed E-state index contributed by atoms with van der Waals surface area (Å²) in [4.78, 5) is 13.7. The predicted molar refractivity (Wildman–Crippen MR) is 125 cm³/mol. The van der Waals surface area contributed by atoms with Crippen LogP contribution in [0.15, 0.2) is 65.0 Å². The molecule has 2 saturated carbocycles. The molecule has 33 heavy (non-hydrogen) atoms. The molecule has 166 valence electrons. The minimum absolute atomic E-state index is 0.202. The van der Waals surface area contributed by atoms with Gasteiger partial charge in [0.25, 0.3) is 0 Å². The number of aliphatic imine (C=N–C) groups is 2. The summed E-state index contributed by atoms with van der Waals surface area (Å²) in [5.41, 5.74) is 10.1. The van der Waals surface area contributed by atoms with Crippen molar-refractivity contribution in [2.24, 2.45) is 21.6 Å². The van der Waals surface area contributed by atoms with Gasteiger partial charge >= 0.3 is 0 Å². The molecule has 1 aliphatic heterocycles. The normalized spacial score (nSPS) is 20.7. The van der Waals surface area contributed by atoms with E-state index in [1.165, 1.54) is 24.6 Å². The van der Waals surface area contributed by atoms with E-state index in [2.05, 4.69) is 32.3 Å². The van der Waals surface area contributed by atoms with Gasteiger partial charge in [0.05, 0.1) is 11.3 Å². The van der Waals surface area contributed by atoms with Crippen LogP contribution in [0.3, 0.4) is 0 Å². The number of amidine groups is 1. The number of pyridine rings is 1. The van der Waals surface area contributed by atoms with Crippen molar-refractivity contribution in [1.29, 1.82) is 0 Å². The van der Waals surface area contributed by atoms with Crippen LogP contribution in [0.25, 0.3) is 11.4 Å². The zero-order valence-corrected chi connectivity index (χ0v) is 18.1. The Kier molecular flexibility index (Phi) is 4.86. The van der Waals surface area contributed by atoms with E-state index in [9.17, 15) is 4.39 Å². The molecule has 1 aromatic carbocycles. The Bertz CT molecular complexity index is 1300. The highest BCUT2D eigenvalue weighted by Gasteiger charge is 2.28. The minimum atomic E-state index is -0.363. The molecule has 2 aliphatic carbocycles. The highest BCUT2D eigenvalue weighted by atomic mass is 19.1. The minimum Gasteiger partial charge on any atom is -0.382 e. The number of rotatable bonds is 6. The van der Waals surface area contributed by atoms with Crippen LogP contribution in [0, 0.1) is 11.7 Å². The van der Waals surface area contributed by atoms with Crippen LogP contribution < -0.4 is 5.73 Å². The van der Waals surface area contributed by atoms with Crippen molar-refractivity contribution in [1.82, 2.24) is 19.7 Å². The molecule has 3 heterocycles. The largest absolute Gasteiger partial charge is 0.382 e. The van der Waals surface area contributed by atoms with Crippen LogP contribution in [-0.2, 0) is 0 Å². The van der Waals surface area contributed by atoms with E-state index in [1.54, 1.807) is 24.7 Å². The van der Waals surface area contributed by atoms with E-state index in [-0.39, 0.29) is 17.6 Å². The first-order valence-electron chi connectivity index (χ1n) is 11.4. The Hall–Kier alpha value is -3.68. The molecule has 3 aliphatic rings. The number of hydrogen-bond acceptors (Lipinski definition) is 5. The van der Waals surface area contributed by atoms with Crippen molar-refractivity contribution in [3.05, 3.63) is 72.1 Å². The molecule has 2 fully saturated rings. The maximum atomic E-state index is 14.6. The first-order chi connectivity index (χ1) is 16.2. The van der Waals surface area contributed by atoms with Crippen molar-refractivity contribution in [3.8, 4) is 11.4 Å². The molecule has 0 radical (unpaired) electrons. The van der Waals surface area contributed by atoms with E-state index in [0.717, 1.165) is 24.9 Å². The summed E-state index contributed by atoms with van der Waals surface area (Å²) in [5, 5.41) is 8.11. The molecular formula is C25H24FN7. The number of halogens is 1. The van der Waals surface area contributed by atoms with Crippen LogP contribution in [0.1, 0.15) is 48.9 Å². The van der Waals surface area contributed by atoms with Gasteiger partial charge in [-0.2, -0.15) is 0 Å². The number of nitrogens with zero attached hydrogens (tertiary/aromatic N) is 6. The third-order valence-corrected chi connectivity index (χ3v) is 6.39. The second-order valence-corrected chi connectivity index (χ2v) is 8.93. The zero-order valence-electron chi connectivity index (χ0n) is 18.1. The molecule has 8 heteroatoms. The van der Waals surface area contributed by atoms with Gasteiger partial charge in [-0.15, -0.1) is 10.2 Å². The van der Waals surface area contributed by atoms with Crippen molar-refractivity contribution in [2.45, 2.75) is 37.6 Å². The van der Waals surface area contributed by atoms with Gasteiger partial charge in [-0.3, -0.25) is 9.98 Å². The van der Waals surface area contributed by atoms with Gasteiger partial charge < -0.3 is 10.3 Å². The molecule has 6 rings (SSSR count). The van der Waals surface area contributed by atoms with E-state index in [4.69, 9.17) is 10.7 Å². The molecule has 0 bridgehead atoms. The van der Waals surface area contributed by atoms with Gasteiger partial charge in [0.1, 0.15) is 23.7 Å². The lowest BCUT2D eigenvalue weighted by Crippen LogP contribution is -2.16. The smallest absolute Gasteiger partial charge is 0.167 e. The van der Waals surface area contributed by atoms with Gasteiger partial charge in [-0.25, -0.2) is 9.38 Å². The van der Waals surface area contributed by atoms with E-state index in [1.807, 2.05) is 16.7 Å². The second-order valence-electron chi connectivity index (χ2n) is 8.93. The third kappa shape index (κ3) is 4.08. The Balaban J connectivity index is 1.26. The van der Waals surface area contributed by atoms with Crippen LogP contribution in [-0.4, -0.2) is 37.8 Å². The number of hydrogen-bond donors (Lipinski definition) is 1. The molecule has 0 spiro atoms. The lowest BCUT2D eigenvalue weighted by Gasteiger charge is -2.16. The van der Waals surface area contributed by atoms with Crippen LogP contribution in [0.4, 0.5) is 10.1 Å². The topological polar surface area (TPSA) is 94.3 Å². The summed E-state index contributed by atoms with van der Waals surface area (Å²) < 4.78 is 16.5. The molecule has 1 atom stereocenters. The monoisotopic (exact) mass is 441 g/mol. The SMILES string of the molecule is NC(=Nc1ccc(F)c(-c2nncn2C2CC2)c1)c1cc(C2C=CC(C3CC3)=NC2)ccn1. The Morgan fingerprint density at radius 1 is 1.12 bits per heavy atom. The van der Waals surface area contributed by atoms with Gasteiger partial charge in [-0.1, -0.05) is 6.08 Å². The maximum absolute atomic E-state index is 14.6. The average Bonchev–Trinajstić information content (AvgIpc) is 3.79. The van der Waals surface area contributed by atoms with E-state index >= 15 is 0 Å². The standard InChI is InChI=1S/C25H24FN7/c26-21-7-4-18(12-20(21)25-32-30-14-33(25)19-5-6-19)31-24(27)23-11-16(9-10-28-23)17-3-8-22(29-13-17)15-1-2-15/h3-4,7-12,14-15,17,19H,1-2,5-6,13H2,(H2,27,31). The Labute approximate surface area is 191 Å². The quantitative estimate of drug-likeness (QED) is 0.454. The van der Waals surface area contributed by atoms with E-state index in [0.29, 0.717) is 34.7 Å². The molecular weight excluding hydrogens is 417 g/mol. The van der Waals surface area contributed by atoms with Crippen molar-refractivity contribution < 1.29 is 4.39 Å². The highest BCUT2D eigenvalue weighted by molar-refractivity contribution is 5.99. The molecule has 2 aromatic heterocycles. The highest BCUT2D eigenvalue weighted by Crippen LogP contribution is 2.38. The van der Waals surface area contributed by atoms with Crippen molar-refractivity contribution >= 4 is 17.2 Å². The van der Waals surface area contributed by atoms with E-state index < -0.39 is 0 Å². The average molecular weight is 442 g/mol. The number of aromatic nitrogens is 4. The van der Waals surface area contributed by atoms with Crippen molar-refractivity contribution in [3.63, 3.8) is 0 Å². The lowest BCUT2D eigenvalue weighted by molar-refractivity contribution is 0.626. The van der Waals surface area contributed by atoms with Gasteiger partial charge in [0, 0.05) is 36.3 Å². The fraction of sp³-hybridized carbons (Fsp3) is 0.320. The van der Waals surface area contributed by atoms with Crippen molar-refractivity contribution in [2.75, 3.05) is 6.54 Å². The first-order valence-corrected chi connectivity index (χ1v) is 11.4. The molecule has 1 unspecified atom stereocenters. The van der Waals surface area contributed by atoms with Gasteiger partial charge in [-0.05, 0) is 67.7 Å². The summed E-state index contributed by atoms with van der Waals surface area (Å²) in [6, 6.07) is 8.94. The first kappa shape index (κ1) is 20.0. The number of benzene rings is 1. The summed E-state index contributed by atoms with van der Waals surface area (Å²) in [6.45, 7) is 0.742. The molecule has 0 amide bonds. The Morgan fingerprint density at radius 2 is 2.00 bits per heavy atom. The molecule has 2 N–H and O–H groups in total. The number of nitrogens with two attached hydrogens (primary N) is 1. The summed E-state index contributed by atoms with van der Waals surface area (Å²) >= 11 is 0. The predicted octanol–water partition coefficient (Wildman–Crippen LogP) is 4.36. The molecule has 7 nitrogen and oxygen atoms in total. The van der Waals surface area contributed by atoms with Gasteiger partial charge in [0.2, 0.25) is 0 Å². The Morgan fingerprint density at radius 3 is 2.76 bits per heavy atom. The molecule has 3 aromatic rings. The zero-order chi connectivity index (χ0) is 22.4. The fourth-order valence-corrected chi connectivity index (χ4v) is 4.22. The summed E-state index contributed by atoms with van der Waals surface area (Å²) in [6.07, 6.45) is 12.4. The third-order valence-electron chi connectivity index (χ3n) is 6.39. The summed E-state index contributed by atoms with van der Waals surface area (Å²) in [7, 11) is 0. The number of allylic oxidation sites excluding steroid dienone is 1. The lowest BCUT2D eigenvalue weighted by atomic mass is 9.96. The summed E-state index contributed by atoms with van der Waals surface area (Å²) in [5.74, 6) is 1.30. The van der Waals surface area contributed by atoms with Crippen LogP contribution >= 0.6 is 0 Å². The number of dihydropyridines is 1.